The molecule has 0 saturated carbocycles. The van der Waals surface area contributed by atoms with E-state index in [1.807, 2.05) is 36.9 Å². The van der Waals surface area contributed by atoms with Crippen molar-refractivity contribution in [3.63, 3.8) is 0 Å². The summed E-state index contributed by atoms with van der Waals surface area (Å²) in [6.45, 7) is 6.47. The highest BCUT2D eigenvalue weighted by Gasteiger charge is 2.32. The van der Waals surface area contributed by atoms with Crippen molar-refractivity contribution >= 4 is 6.03 Å². The van der Waals surface area contributed by atoms with Crippen molar-refractivity contribution in [1.29, 1.82) is 0 Å². The Hall–Kier alpha value is -1.95. The number of fused-ring (bicyclic) bond motifs is 1. The van der Waals surface area contributed by atoms with Gasteiger partial charge in [0.1, 0.15) is 17.1 Å². The van der Waals surface area contributed by atoms with Gasteiger partial charge >= 0.3 is 6.03 Å². The van der Waals surface area contributed by atoms with Gasteiger partial charge in [-0.25, -0.2) is 4.79 Å². The lowest BCUT2D eigenvalue weighted by Crippen LogP contribution is -2.50. The van der Waals surface area contributed by atoms with Gasteiger partial charge in [-0.1, -0.05) is 0 Å². The predicted octanol–water partition coefficient (Wildman–Crippen LogP) is 2.56. The molecule has 1 aromatic rings. The molecule has 2 heterocycles. The standard InChI is InChI=1S/C18H26N2O4/c1-18(2)12-20(17(21)19-14-6-8-23-9-7-14)11-13-4-5-15(22-3)10-16(13)24-18/h4-5,10,14H,6-9,11-12H2,1-3H3,(H,19,21). The smallest absolute Gasteiger partial charge is 0.318 e. The molecule has 0 spiro atoms. The van der Waals surface area contributed by atoms with E-state index in [-0.39, 0.29) is 12.1 Å². The Morgan fingerprint density at radius 2 is 2.08 bits per heavy atom. The number of urea groups is 1. The summed E-state index contributed by atoms with van der Waals surface area (Å²) < 4.78 is 16.8. The van der Waals surface area contributed by atoms with Crippen LogP contribution in [0.4, 0.5) is 4.79 Å². The molecule has 24 heavy (non-hydrogen) atoms. The largest absolute Gasteiger partial charge is 0.497 e. The normalized spacial score (nSPS) is 20.5. The highest BCUT2D eigenvalue weighted by molar-refractivity contribution is 5.75. The number of carbonyl (C=O) groups is 1. The Morgan fingerprint density at radius 3 is 2.79 bits per heavy atom. The van der Waals surface area contributed by atoms with Gasteiger partial charge in [0.25, 0.3) is 0 Å². The van der Waals surface area contributed by atoms with Gasteiger partial charge in [-0.3, -0.25) is 0 Å². The van der Waals surface area contributed by atoms with E-state index >= 15 is 0 Å². The third-order valence-electron chi connectivity index (χ3n) is 4.43. The molecule has 6 heteroatoms. The summed E-state index contributed by atoms with van der Waals surface area (Å²) in [4.78, 5) is 14.6. The quantitative estimate of drug-likeness (QED) is 0.903. The topological polar surface area (TPSA) is 60.0 Å². The zero-order chi connectivity index (χ0) is 17.2. The average molecular weight is 334 g/mol. The van der Waals surface area contributed by atoms with Crippen LogP contribution in [0.15, 0.2) is 18.2 Å². The first-order valence-electron chi connectivity index (χ1n) is 8.46. The molecule has 132 valence electrons. The van der Waals surface area contributed by atoms with Crippen LogP contribution >= 0.6 is 0 Å². The maximum absolute atomic E-state index is 12.7. The fourth-order valence-corrected chi connectivity index (χ4v) is 3.19. The monoisotopic (exact) mass is 334 g/mol. The van der Waals surface area contributed by atoms with Gasteiger partial charge in [0.05, 0.1) is 20.2 Å². The molecule has 2 amide bonds. The molecule has 0 bridgehead atoms. The summed E-state index contributed by atoms with van der Waals surface area (Å²) in [6.07, 6.45) is 1.74. The van der Waals surface area contributed by atoms with Gasteiger partial charge in [-0.15, -0.1) is 0 Å². The van der Waals surface area contributed by atoms with Gasteiger partial charge in [0.15, 0.2) is 0 Å². The number of carbonyl (C=O) groups excluding carboxylic acids is 1. The number of rotatable bonds is 2. The van der Waals surface area contributed by atoms with E-state index < -0.39 is 5.60 Å². The molecular formula is C18H26N2O4. The van der Waals surface area contributed by atoms with E-state index in [0.717, 1.165) is 29.9 Å². The summed E-state index contributed by atoms with van der Waals surface area (Å²) in [6, 6.07) is 5.90. The number of ether oxygens (including phenoxy) is 3. The van der Waals surface area contributed by atoms with Crippen molar-refractivity contribution in [2.75, 3.05) is 26.9 Å². The van der Waals surface area contributed by atoms with Crippen LogP contribution in [0.1, 0.15) is 32.3 Å². The molecule has 0 radical (unpaired) electrons. The van der Waals surface area contributed by atoms with Crippen molar-refractivity contribution < 1.29 is 19.0 Å². The molecule has 1 saturated heterocycles. The van der Waals surface area contributed by atoms with Crippen LogP contribution in [0, 0.1) is 0 Å². The maximum atomic E-state index is 12.7. The molecule has 2 aliphatic heterocycles. The Morgan fingerprint density at radius 1 is 1.33 bits per heavy atom. The fourth-order valence-electron chi connectivity index (χ4n) is 3.19. The third-order valence-corrected chi connectivity index (χ3v) is 4.43. The molecule has 0 atom stereocenters. The molecular weight excluding hydrogens is 308 g/mol. The summed E-state index contributed by atoms with van der Waals surface area (Å²) in [5.74, 6) is 1.53. The van der Waals surface area contributed by atoms with E-state index in [1.54, 1.807) is 7.11 Å². The highest BCUT2D eigenvalue weighted by Crippen LogP contribution is 2.32. The molecule has 3 rings (SSSR count). The first-order valence-corrected chi connectivity index (χ1v) is 8.46. The van der Waals surface area contributed by atoms with Crippen molar-refractivity contribution in [2.45, 2.75) is 44.9 Å². The number of nitrogens with zero attached hydrogens (tertiary/aromatic N) is 1. The molecule has 0 unspecified atom stereocenters. The molecule has 1 aromatic carbocycles. The van der Waals surface area contributed by atoms with Crippen molar-refractivity contribution in [2.24, 2.45) is 0 Å². The summed E-state index contributed by atoms with van der Waals surface area (Å²) in [5.41, 5.74) is 0.522. The molecule has 6 nitrogen and oxygen atoms in total. The molecule has 1 N–H and O–H groups in total. The van der Waals surface area contributed by atoms with Crippen LogP contribution in [0.2, 0.25) is 0 Å². The number of hydrogen-bond donors (Lipinski definition) is 1. The Balaban J connectivity index is 1.76. The van der Waals surface area contributed by atoms with Crippen LogP contribution < -0.4 is 14.8 Å². The van der Waals surface area contributed by atoms with Crippen molar-refractivity contribution in [3.8, 4) is 11.5 Å². The van der Waals surface area contributed by atoms with Crippen LogP contribution in [-0.4, -0.2) is 49.4 Å². The Labute approximate surface area is 143 Å². The van der Waals surface area contributed by atoms with Gasteiger partial charge in [-0.05, 0) is 38.8 Å². The van der Waals surface area contributed by atoms with Gasteiger partial charge in [0.2, 0.25) is 0 Å². The number of amides is 2. The van der Waals surface area contributed by atoms with E-state index in [1.165, 1.54) is 0 Å². The fraction of sp³-hybridized carbons (Fsp3) is 0.611. The lowest BCUT2D eigenvalue weighted by atomic mass is 10.1. The first kappa shape index (κ1) is 16.9. The second-order valence-electron chi connectivity index (χ2n) is 7.03. The van der Waals surface area contributed by atoms with E-state index in [0.29, 0.717) is 26.3 Å². The minimum Gasteiger partial charge on any atom is -0.497 e. The summed E-state index contributed by atoms with van der Waals surface area (Å²) in [7, 11) is 1.64. The van der Waals surface area contributed by atoms with E-state index in [4.69, 9.17) is 14.2 Å². The second-order valence-corrected chi connectivity index (χ2v) is 7.03. The zero-order valence-corrected chi connectivity index (χ0v) is 14.6. The first-order chi connectivity index (χ1) is 11.5. The third kappa shape index (κ3) is 3.93. The number of benzene rings is 1. The molecule has 0 aliphatic carbocycles. The van der Waals surface area contributed by atoms with E-state index in [2.05, 4.69) is 5.32 Å². The van der Waals surface area contributed by atoms with Crippen molar-refractivity contribution in [3.05, 3.63) is 23.8 Å². The summed E-state index contributed by atoms with van der Waals surface area (Å²) >= 11 is 0. The number of nitrogens with one attached hydrogen (secondary N) is 1. The number of methoxy groups -OCH3 is 1. The minimum atomic E-state index is -0.468. The lowest BCUT2D eigenvalue weighted by Gasteiger charge is -2.31. The van der Waals surface area contributed by atoms with Crippen LogP contribution in [0.5, 0.6) is 11.5 Å². The van der Waals surface area contributed by atoms with Crippen molar-refractivity contribution in [1.82, 2.24) is 10.2 Å². The lowest BCUT2D eigenvalue weighted by molar-refractivity contribution is 0.0681. The Bertz CT molecular complexity index is 597. The molecule has 0 aromatic heterocycles. The van der Waals surface area contributed by atoms with Gasteiger partial charge in [-0.2, -0.15) is 0 Å². The number of hydrogen-bond acceptors (Lipinski definition) is 4. The Kier molecular flexibility index (Phi) is 4.85. The second kappa shape index (κ2) is 6.89. The van der Waals surface area contributed by atoms with E-state index in [9.17, 15) is 4.79 Å². The summed E-state index contributed by atoms with van der Waals surface area (Å²) in [5, 5.41) is 3.13. The predicted molar refractivity (Wildman–Crippen MR) is 90.5 cm³/mol. The minimum absolute atomic E-state index is 0.0396. The molecule has 2 aliphatic rings. The average Bonchev–Trinajstić information content (AvgIpc) is 2.69. The van der Waals surface area contributed by atoms with Gasteiger partial charge < -0.3 is 24.4 Å². The SMILES string of the molecule is COc1ccc2c(c1)OC(C)(C)CN(C(=O)NC1CCOCC1)C2. The van der Waals surface area contributed by atoms with Gasteiger partial charge in [0, 0.05) is 30.9 Å². The highest BCUT2D eigenvalue weighted by atomic mass is 16.5. The zero-order valence-electron chi connectivity index (χ0n) is 14.6. The van der Waals surface area contributed by atoms with Crippen LogP contribution in [0.25, 0.3) is 0 Å². The van der Waals surface area contributed by atoms with Crippen LogP contribution in [0.3, 0.4) is 0 Å². The molecule has 1 fully saturated rings. The maximum Gasteiger partial charge on any atom is 0.318 e. The van der Waals surface area contributed by atoms with Crippen LogP contribution in [-0.2, 0) is 11.3 Å².